The summed E-state index contributed by atoms with van der Waals surface area (Å²) >= 11 is 0. The number of hydrogen-bond donors (Lipinski definition) is 2. The molecule has 0 saturated heterocycles. The zero-order valence-corrected chi connectivity index (χ0v) is 18.2. The van der Waals surface area contributed by atoms with Crippen molar-refractivity contribution in [3.05, 3.63) is 61.7 Å². The Bertz CT molecular complexity index is 1340. The van der Waals surface area contributed by atoms with Gasteiger partial charge in [0.1, 0.15) is 17.4 Å². The molecule has 4 aromatic rings. The molecule has 0 aromatic carbocycles. The lowest BCUT2D eigenvalue weighted by atomic mass is 9.96. The van der Waals surface area contributed by atoms with Crippen molar-refractivity contribution in [3.63, 3.8) is 0 Å². The van der Waals surface area contributed by atoms with Crippen LogP contribution in [0.4, 0.5) is 5.69 Å². The number of rotatable bonds is 7. The molecular formula is C25H23N5O3. The molecule has 0 atom stereocenters. The predicted molar refractivity (Wildman–Crippen MR) is 126 cm³/mol. The van der Waals surface area contributed by atoms with Crippen LogP contribution >= 0.6 is 0 Å². The second-order valence-corrected chi connectivity index (χ2v) is 7.85. The van der Waals surface area contributed by atoms with E-state index in [-0.39, 0.29) is 12.0 Å². The molecule has 5 rings (SSSR count). The van der Waals surface area contributed by atoms with Crippen molar-refractivity contribution in [1.82, 2.24) is 19.9 Å². The van der Waals surface area contributed by atoms with Crippen LogP contribution in [0.1, 0.15) is 19.3 Å². The third-order valence-electron chi connectivity index (χ3n) is 5.74. The monoisotopic (exact) mass is 441 g/mol. The Hall–Kier alpha value is -4.20. The summed E-state index contributed by atoms with van der Waals surface area (Å²) in [7, 11) is 1.59. The van der Waals surface area contributed by atoms with Crippen LogP contribution < -0.4 is 14.8 Å². The SMILES string of the molecule is C=CC(=O)Nc1cc(-c2cnc3[nH]cc(-c4ccnc(OC)c4)c3c2)cnc1OC1CCC1. The van der Waals surface area contributed by atoms with Crippen molar-refractivity contribution in [3.8, 4) is 34.0 Å². The van der Waals surface area contributed by atoms with Gasteiger partial charge >= 0.3 is 0 Å². The van der Waals surface area contributed by atoms with Gasteiger partial charge in [0.15, 0.2) is 0 Å². The number of H-pyrrole nitrogens is 1. The molecule has 1 saturated carbocycles. The minimum atomic E-state index is -0.319. The largest absolute Gasteiger partial charge is 0.481 e. The van der Waals surface area contributed by atoms with Crippen molar-refractivity contribution in [2.24, 2.45) is 0 Å². The van der Waals surface area contributed by atoms with E-state index in [2.05, 4.69) is 31.8 Å². The molecule has 0 radical (unpaired) electrons. The molecule has 33 heavy (non-hydrogen) atoms. The van der Waals surface area contributed by atoms with Crippen LogP contribution in [-0.4, -0.2) is 39.1 Å². The lowest BCUT2D eigenvalue weighted by molar-refractivity contribution is -0.111. The summed E-state index contributed by atoms with van der Waals surface area (Å²) in [5.41, 5.74) is 4.90. The highest BCUT2D eigenvalue weighted by Gasteiger charge is 2.22. The number of carbonyl (C=O) groups excluding carboxylic acids is 1. The third kappa shape index (κ3) is 4.15. The summed E-state index contributed by atoms with van der Waals surface area (Å²) in [6.45, 7) is 3.53. The predicted octanol–water partition coefficient (Wildman–Crippen LogP) is 4.75. The number of aromatic amines is 1. The second-order valence-electron chi connectivity index (χ2n) is 7.85. The van der Waals surface area contributed by atoms with Gasteiger partial charge in [0.2, 0.25) is 17.7 Å². The Labute approximate surface area is 190 Å². The van der Waals surface area contributed by atoms with Crippen LogP contribution in [-0.2, 0) is 4.79 Å². The van der Waals surface area contributed by atoms with Crippen LogP contribution in [0.15, 0.2) is 61.7 Å². The molecule has 0 unspecified atom stereocenters. The molecule has 1 aliphatic rings. The molecule has 0 spiro atoms. The number of nitrogens with zero attached hydrogens (tertiary/aromatic N) is 3. The lowest BCUT2D eigenvalue weighted by Gasteiger charge is -2.26. The highest BCUT2D eigenvalue weighted by Crippen LogP contribution is 2.35. The number of carbonyl (C=O) groups is 1. The van der Waals surface area contributed by atoms with E-state index in [1.54, 1.807) is 25.7 Å². The standard InChI is InChI=1S/C25H23N5O3/c1-3-22(31)30-21-10-17(13-29-25(21)33-18-5-4-6-18)16-9-19-20(14-28-24(19)27-12-16)15-7-8-26-23(11-15)32-2/h3,7-14,18H,1,4-6H2,2H3,(H,27,28)(H,30,31). The van der Waals surface area contributed by atoms with Gasteiger partial charge in [0, 0.05) is 52.9 Å². The number of amides is 1. The maximum Gasteiger partial charge on any atom is 0.247 e. The molecule has 166 valence electrons. The molecule has 4 heterocycles. The Kier molecular flexibility index (Phi) is 5.48. The van der Waals surface area contributed by atoms with Gasteiger partial charge in [-0.25, -0.2) is 15.0 Å². The smallest absolute Gasteiger partial charge is 0.247 e. The fourth-order valence-electron chi connectivity index (χ4n) is 3.71. The molecule has 2 N–H and O–H groups in total. The summed E-state index contributed by atoms with van der Waals surface area (Å²) in [5.74, 6) is 0.638. The molecule has 8 heteroatoms. The minimum Gasteiger partial charge on any atom is -0.481 e. The van der Waals surface area contributed by atoms with Crippen molar-refractivity contribution in [1.29, 1.82) is 0 Å². The molecular weight excluding hydrogens is 418 g/mol. The third-order valence-corrected chi connectivity index (χ3v) is 5.74. The first-order chi connectivity index (χ1) is 16.1. The van der Waals surface area contributed by atoms with E-state index in [4.69, 9.17) is 9.47 Å². The first kappa shape index (κ1) is 20.7. The second kappa shape index (κ2) is 8.74. The van der Waals surface area contributed by atoms with Crippen LogP contribution in [0.25, 0.3) is 33.3 Å². The van der Waals surface area contributed by atoms with E-state index in [1.165, 1.54) is 6.08 Å². The first-order valence-electron chi connectivity index (χ1n) is 10.7. The summed E-state index contributed by atoms with van der Waals surface area (Å²) in [4.78, 5) is 28.5. The quantitative estimate of drug-likeness (QED) is 0.401. The zero-order chi connectivity index (χ0) is 22.8. The van der Waals surface area contributed by atoms with E-state index >= 15 is 0 Å². The molecule has 8 nitrogen and oxygen atoms in total. The number of ether oxygens (including phenoxy) is 2. The zero-order valence-electron chi connectivity index (χ0n) is 18.2. The van der Waals surface area contributed by atoms with Crippen molar-refractivity contribution >= 4 is 22.6 Å². The molecule has 4 aromatic heterocycles. The summed E-state index contributed by atoms with van der Waals surface area (Å²) < 4.78 is 11.2. The van der Waals surface area contributed by atoms with Crippen molar-refractivity contribution in [2.75, 3.05) is 12.4 Å². The fourth-order valence-corrected chi connectivity index (χ4v) is 3.71. The van der Waals surface area contributed by atoms with Gasteiger partial charge in [0.25, 0.3) is 0 Å². The molecule has 1 aliphatic carbocycles. The number of hydrogen-bond acceptors (Lipinski definition) is 6. The highest BCUT2D eigenvalue weighted by molar-refractivity contribution is 6.00. The number of fused-ring (bicyclic) bond motifs is 1. The van der Waals surface area contributed by atoms with E-state index in [9.17, 15) is 4.79 Å². The van der Waals surface area contributed by atoms with E-state index in [0.717, 1.165) is 52.5 Å². The Morgan fingerprint density at radius 2 is 1.97 bits per heavy atom. The van der Waals surface area contributed by atoms with E-state index in [0.29, 0.717) is 17.4 Å². The number of anilines is 1. The summed E-state index contributed by atoms with van der Waals surface area (Å²) in [5, 5.41) is 3.77. The minimum absolute atomic E-state index is 0.139. The van der Waals surface area contributed by atoms with Crippen LogP contribution in [0.3, 0.4) is 0 Å². The lowest BCUT2D eigenvalue weighted by Crippen LogP contribution is -2.25. The Morgan fingerprint density at radius 1 is 1.15 bits per heavy atom. The number of aromatic nitrogens is 4. The summed E-state index contributed by atoms with van der Waals surface area (Å²) in [6, 6.07) is 7.71. The number of pyridine rings is 3. The average molecular weight is 441 g/mol. The van der Waals surface area contributed by atoms with E-state index in [1.807, 2.05) is 30.5 Å². The number of nitrogens with one attached hydrogen (secondary N) is 2. The maximum absolute atomic E-state index is 12.0. The van der Waals surface area contributed by atoms with E-state index < -0.39 is 0 Å². The number of methoxy groups -OCH3 is 1. The molecule has 0 bridgehead atoms. The maximum atomic E-state index is 12.0. The Morgan fingerprint density at radius 3 is 2.73 bits per heavy atom. The van der Waals surface area contributed by atoms with Crippen LogP contribution in [0.2, 0.25) is 0 Å². The van der Waals surface area contributed by atoms with Gasteiger partial charge in [0.05, 0.1) is 7.11 Å². The Balaban J connectivity index is 1.54. The van der Waals surface area contributed by atoms with Crippen LogP contribution in [0.5, 0.6) is 11.8 Å². The van der Waals surface area contributed by atoms with Gasteiger partial charge < -0.3 is 19.8 Å². The molecule has 1 fully saturated rings. The van der Waals surface area contributed by atoms with Gasteiger partial charge in [-0.2, -0.15) is 0 Å². The van der Waals surface area contributed by atoms with Gasteiger partial charge in [-0.1, -0.05) is 6.58 Å². The fraction of sp³-hybridized carbons (Fsp3) is 0.200. The highest BCUT2D eigenvalue weighted by atomic mass is 16.5. The first-order valence-corrected chi connectivity index (χ1v) is 10.7. The molecule has 1 amide bonds. The van der Waals surface area contributed by atoms with Gasteiger partial charge in [-0.3, -0.25) is 4.79 Å². The molecule has 0 aliphatic heterocycles. The van der Waals surface area contributed by atoms with Crippen LogP contribution in [0, 0.1) is 0 Å². The average Bonchev–Trinajstić information content (AvgIpc) is 3.25. The van der Waals surface area contributed by atoms with Gasteiger partial charge in [-0.05, 0) is 49.1 Å². The van der Waals surface area contributed by atoms with Crippen molar-refractivity contribution < 1.29 is 14.3 Å². The normalized spacial score (nSPS) is 13.4. The van der Waals surface area contributed by atoms with Gasteiger partial charge in [-0.15, -0.1) is 0 Å². The summed E-state index contributed by atoms with van der Waals surface area (Å²) in [6.07, 6.45) is 11.6. The topological polar surface area (TPSA) is 102 Å². The van der Waals surface area contributed by atoms with Crippen molar-refractivity contribution in [2.45, 2.75) is 25.4 Å².